The minimum Gasteiger partial charge on any atom is -0.394 e. The van der Waals surface area contributed by atoms with Crippen molar-refractivity contribution in [3.8, 4) is 0 Å². The average molecular weight is 400 g/mol. The largest absolute Gasteiger partial charge is 0.394 e. The quantitative estimate of drug-likeness (QED) is 0.193. The topological polar surface area (TPSA) is 188 Å². The summed E-state index contributed by atoms with van der Waals surface area (Å²) in [5, 5.41) is 68.9. The van der Waals surface area contributed by atoms with Crippen LogP contribution in [0.2, 0.25) is 0 Å². The van der Waals surface area contributed by atoms with Crippen LogP contribution in [0.25, 0.3) is 0 Å². The van der Waals surface area contributed by atoms with Crippen LogP contribution in [0.5, 0.6) is 0 Å². The monoisotopic (exact) mass is 400 g/mol. The van der Waals surface area contributed by atoms with Gasteiger partial charge in [-0.25, -0.2) is 0 Å². The number of aliphatic hydroxyl groups is 7. The predicted octanol–water partition coefficient (Wildman–Crippen LogP) is -4.73. The normalized spacial score (nSPS) is 45.8. The van der Waals surface area contributed by atoms with Crippen LogP contribution < -0.4 is 0 Å². The number of hydrogen-bond acceptors (Lipinski definition) is 12. The number of hydrogen-bond donors (Lipinski definition) is 7. The first kappa shape index (κ1) is 22.8. The van der Waals surface area contributed by atoms with Crippen molar-refractivity contribution < 1.29 is 59.4 Å². The van der Waals surface area contributed by atoms with E-state index in [0.717, 1.165) is 0 Å². The summed E-state index contributed by atoms with van der Waals surface area (Å²) in [5.41, 5.74) is 0. The molecular formula is C15H28O12. The van der Waals surface area contributed by atoms with Gasteiger partial charge in [-0.3, -0.25) is 0 Å². The molecule has 2 aliphatic heterocycles. The summed E-state index contributed by atoms with van der Waals surface area (Å²) >= 11 is 0. The van der Waals surface area contributed by atoms with Crippen LogP contribution >= 0.6 is 0 Å². The lowest BCUT2D eigenvalue weighted by molar-refractivity contribution is -0.359. The van der Waals surface area contributed by atoms with Crippen molar-refractivity contribution in [3.05, 3.63) is 0 Å². The molecule has 0 aliphatic carbocycles. The Hall–Kier alpha value is -0.480. The zero-order valence-corrected chi connectivity index (χ0v) is 14.8. The molecule has 27 heavy (non-hydrogen) atoms. The molecule has 12 nitrogen and oxygen atoms in total. The van der Waals surface area contributed by atoms with E-state index in [1.165, 1.54) is 7.11 Å². The van der Waals surface area contributed by atoms with Gasteiger partial charge in [-0.05, 0) is 0 Å². The first-order valence-electron chi connectivity index (χ1n) is 8.54. The molecule has 12 heteroatoms. The van der Waals surface area contributed by atoms with Crippen molar-refractivity contribution in [2.24, 2.45) is 0 Å². The third kappa shape index (κ3) is 5.12. The van der Waals surface area contributed by atoms with Crippen molar-refractivity contribution >= 4 is 0 Å². The molecule has 0 spiro atoms. The van der Waals surface area contributed by atoms with Crippen molar-refractivity contribution in [2.45, 2.75) is 61.4 Å². The highest BCUT2D eigenvalue weighted by Crippen LogP contribution is 2.29. The second kappa shape index (κ2) is 10.3. The van der Waals surface area contributed by atoms with E-state index in [1.54, 1.807) is 0 Å². The Labute approximate surface area is 155 Å². The molecule has 0 aromatic carbocycles. The fourth-order valence-corrected chi connectivity index (χ4v) is 2.94. The van der Waals surface area contributed by atoms with Gasteiger partial charge in [-0.2, -0.15) is 0 Å². The van der Waals surface area contributed by atoms with E-state index in [4.69, 9.17) is 23.7 Å². The second-order valence-corrected chi connectivity index (χ2v) is 6.37. The molecule has 0 amide bonds. The average Bonchev–Trinajstić information content (AvgIpc) is 2.67. The zero-order valence-electron chi connectivity index (χ0n) is 14.8. The molecule has 2 fully saturated rings. The molecule has 2 saturated heterocycles. The van der Waals surface area contributed by atoms with Crippen LogP contribution in [-0.2, 0) is 23.7 Å². The van der Waals surface area contributed by atoms with E-state index in [9.17, 15) is 35.7 Å². The lowest BCUT2D eigenvalue weighted by Crippen LogP contribution is -2.64. The van der Waals surface area contributed by atoms with E-state index in [-0.39, 0.29) is 13.2 Å². The van der Waals surface area contributed by atoms with Gasteiger partial charge in [-0.1, -0.05) is 0 Å². The number of aliphatic hydroxyl groups excluding tert-OH is 7. The van der Waals surface area contributed by atoms with Gasteiger partial charge in [0.2, 0.25) is 0 Å². The van der Waals surface area contributed by atoms with E-state index in [2.05, 4.69) is 0 Å². The van der Waals surface area contributed by atoms with Gasteiger partial charge in [0.25, 0.3) is 0 Å². The van der Waals surface area contributed by atoms with Gasteiger partial charge < -0.3 is 59.4 Å². The molecule has 160 valence electrons. The minimum absolute atomic E-state index is 0.0708. The second-order valence-electron chi connectivity index (χ2n) is 6.37. The Bertz CT molecular complexity index is 435. The highest BCUT2D eigenvalue weighted by molar-refractivity contribution is 4.94. The Balaban J connectivity index is 2.06. The van der Waals surface area contributed by atoms with E-state index in [1.807, 2.05) is 0 Å². The van der Waals surface area contributed by atoms with Gasteiger partial charge in [0, 0.05) is 7.11 Å². The summed E-state index contributed by atoms with van der Waals surface area (Å²) in [7, 11) is 1.46. The number of methoxy groups -OCH3 is 1. The Morgan fingerprint density at radius 1 is 0.704 bits per heavy atom. The summed E-state index contributed by atoms with van der Waals surface area (Å²) in [4.78, 5) is 0. The molecule has 7 N–H and O–H groups in total. The highest BCUT2D eigenvalue weighted by Gasteiger charge is 2.50. The summed E-state index contributed by atoms with van der Waals surface area (Å²) in [5.74, 6) is 0. The summed E-state index contributed by atoms with van der Waals surface area (Å²) < 4.78 is 26.1. The summed E-state index contributed by atoms with van der Waals surface area (Å²) in [6, 6.07) is 0. The van der Waals surface area contributed by atoms with Gasteiger partial charge in [0.15, 0.2) is 12.6 Å². The minimum atomic E-state index is -1.71. The predicted molar refractivity (Wildman–Crippen MR) is 84.2 cm³/mol. The van der Waals surface area contributed by atoms with Crippen molar-refractivity contribution in [3.63, 3.8) is 0 Å². The molecule has 2 aliphatic rings. The summed E-state index contributed by atoms with van der Waals surface area (Å²) in [6.45, 7) is -0.982. The first-order valence-corrected chi connectivity index (χ1v) is 8.54. The lowest BCUT2D eigenvalue weighted by atomic mass is 9.97. The number of ether oxygens (including phenoxy) is 5. The Morgan fingerprint density at radius 3 is 1.89 bits per heavy atom. The SMILES string of the molecule is COCCO[C@@H]1O[C@H](CO)[C@@H](O[C@@H]2O[C@H](CO)[C@H](O)[C@H](O)[C@H]2O)[C@H](O)[C@H]1O. The molecule has 10 atom stereocenters. The Morgan fingerprint density at radius 2 is 1.30 bits per heavy atom. The third-order valence-corrected chi connectivity index (χ3v) is 4.53. The fourth-order valence-electron chi connectivity index (χ4n) is 2.94. The molecule has 0 radical (unpaired) electrons. The molecule has 0 saturated carbocycles. The molecule has 2 rings (SSSR count). The van der Waals surface area contributed by atoms with Gasteiger partial charge >= 0.3 is 0 Å². The molecule has 0 aromatic rings. The molecule has 0 aromatic heterocycles. The standard InChI is InChI=1S/C15H28O12/c1-23-2-3-24-14-12(22)10(20)13(7(5-17)26-14)27-15-11(21)9(19)8(18)6(4-16)25-15/h6-22H,2-5H2,1H3/t6-,7-,8+,9+,10-,11-,12-,13-,14-,15+/m1/s1. The first-order chi connectivity index (χ1) is 12.8. The zero-order chi connectivity index (χ0) is 20.1. The summed E-state index contributed by atoms with van der Waals surface area (Å²) in [6.07, 6.45) is -14.6. The van der Waals surface area contributed by atoms with E-state index in [0.29, 0.717) is 0 Å². The highest BCUT2D eigenvalue weighted by atomic mass is 16.7. The van der Waals surface area contributed by atoms with Gasteiger partial charge in [-0.15, -0.1) is 0 Å². The van der Waals surface area contributed by atoms with Gasteiger partial charge in [0.05, 0.1) is 26.4 Å². The smallest absolute Gasteiger partial charge is 0.187 e. The molecule has 0 bridgehead atoms. The van der Waals surface area contributed by atoms with Crippen LogP contribution in [0.4, 0.5) is 0 Å². The molecule has 2 heterocycles. The van der Waals surface area contributed by atoms with Crippen LogP contribution in [-0.4, -0.2) is 131 Å². The van der Waals surface area contributed by atoms with E-state index >= 15 is 0 Å². The van der Waals surface area contributed by atoms with E-state index < -0.39 is 74.6 Å². The van der Waals surface area contributed by atoms with Gasteiger partial charge in [0.1, 0.15) is 48.8 Å². The van der Waals surface area contributed by atoms with Crippen LogP contribution in [0.15, 0.2) is 0 Å². The Kier molecular flexibility index (Phi) is 8.73. The van der Waals surface area contributed by atoms with Crippen LogP contribution in [0, 0.1) is 0 Å². The van der Waals surface area contributed by atoms with Crippen molar-refractivity contribution in [1.82, 2.24) is 0 Å². The fraction of sp³-hybridized carbons (Fsp3) is 1.00. The number of rotatable bonds is 8. The van der Waals surface area contributed by atoms with Crippen molar-refractivity contribution in [1.29, 1.82) is 0 Å². The maximum atomic E-state index is 10.3. The molecular weight excluding hydrogens is 372 g/mol. The van der Waals surface area contributed by atoms with Crippen molar-refractivity contribution in [2.75, 3.05) is 33.5 Å². The maximum Gasteiger partial charge on any atom is 0.187 e. The maximum absolute atomic E-state index is 10.3. The lowest BCUT2D eigenvalue weighted by Gasteiger charge is -2.45. The molecule has 0 unspecified atom stereocenters. The van der Waals surface area contributed by atoms with Crippen LogP contribution in [0.3, 0.4) is 0 Å². The third-order valence-electron chi connectivity index (χ3n) is 4.53. The van der Waals surface area contributed by atoms with Crippen LogP contribution in [0.1, 0.15) is 0 Å².